The van der Waals surface area contributed by atoms with Gasteiger partial charge in [0.25, 0.3) is 5.91 Å². The Kier molecular flexibility index (Phi) is 5.61. The molecule has 0 aliphatic rings. The van der Waals surface area contributed by atoms with Gasteiger partial charge in [-0.15, -0.1) is 0 Å². The molecule has 2 aromatic carbocycles. The molecule has 0 unspecified atom stereocenters. The van der Waals surface area contributed by atoms with Gasteiger partial charge in [0.1, 0.15) is 5.75 Å². The Hall–Kier alpha value is -1.56. The van der Waals surface area contributed by atoms with Crippen molar-refractivity contribution in [3.05, 3.63) is 57.5 Å². The third-order valence-electron chi connectivity index (χ3n) is 2.65. The van der Waals surface area contributed by atoms with Crippen molar-refractivity contribution in [2.24, 2.45) is 0 Å². The molecule has 0 heterocycles. The average Bonchev–Trinajstić information content (AvgIpc) is 2.46. The quantitative estimate of drug-likeness (QED) is 0.845. The molecule has 0 radical (unpaired) electrons. The van der Waals surface area contributed by atoms with E-state index < -0.39 is 0 Å². The number of rotatable bonds is 5. The Morgan fingerprint density at radius 2 is 2.10 bits per heavy atom. The number of amides is 1. The number of ether oxygens (including phenoxy) is 1. The number of carbonyl (C=O) groups is 1. The third-order valence-corrected chi connectivity index (χ3v) is 3.43. The van der Waals surface area contributed by atoms with Crippen LogP contribution in [0.25, 0.3) is 0 Å². The summed E-state index contributed by atoms with van der Waals surface area (Å²) in [5.74, 6) is 0.119. The number of carbonyl (C=O) groups excluding carboxylic acids is 1. The van der Waals surface area contributed by atoms with Crippen molar-refractivity contribution in [2.45, 2.75) is 6.61 Å². The highest BCUT2D eigenvalue weighted by Crippen LogP contribution is 2.25. The highest BCUT2D eigenvalue weighted by molar-refractivity contribution is 9.10. The highest BCUT2D eigenvalue weighted by atomic mass is 79.9. The van der Waals surface area contributed by atoms with Crippen LogP contribution < -0.4 is 10.1 Å². The largest absolute Gasteiger partial charge is 0.482 e. The van der Waals surface area contributed by atoms with Gasteiger partial charge in [0.05, 0.1) is 11.6 Å². The molecule has 6 heteroatoms. The predicted octanol–water partition coefficient (Wildman–Crippen LogP) is 3.61. The number of benzene rings is 2. The topological polar surface area (TPSA) is 58.6 Å². The zero-order valence-electron chi connectivity index (χ0n) is 11.0. The van der Waals surface area contributed by atoms with E-state index in [1.165, 1.54) is 0 Å². The maximum atomic E-state index is 11.8. The van der Waals surface area contributed by atoms with E-state index >= 15 is 0 Å². The zero-order chi connectivity index (χ0) is 15.2. The maximum absolute atomic E-state index is 11.8. The van der Waals surface area contributed by atoms with E-state index in [9.17, 15) is 4.79 Å². The summed E-state index contributed by atoms with van der Waals surface area (Å²) in [6.07, 6.45) is 0. The molecule has 2 aromatic rings. The summed E-state index contributed by atoms with van der Waals surface area (Å²) in [7, 11) is 0. The summed E-state index contributed by atoms with van der Waals surface area (Å²) < 4.78 is 6.24. The lowest BCUT2D eigenvalue weighted by Crippen LogP contribution is -2.20. The van der Waals surface area contributed by atoms with E-state index in [2.05, 4.69) is 21.2 Å². The van der Waals surface area contributed by atoms with Crippen molar-refractivity contribution in [1.82, 2.24) is 0 Å². The number of hydrogen-bond donors (Lipinski definition) is 2. The predicted molar refractivity (Wildman–Crippen MR) is 85.6 cm³/mol. The van der Waals surface area contributed by atoms with E-state index in [0.717, 1.165) is 4.47 Å². The fourth-order valence-corrected chi connectivity index (χ4v) is 2.32. The first-order valence-corrected chi connectivity index (χ1v) is 7.33. The molecule has 0 saturated carbocycles. The number of anilines is 1. The van der Waals surface area contributed by atoms with Crippen LogP contribution in [0.3, 0.4) is 0 Å². The molecule has 0 saturated heterocycles. The molecular weight excluding hydrogens is 358 g/mol. The highest BCUT2D eigenvalue weighted by Gasteiger charge is 2.07. The van der Waals surface area contributed by atoms with Gasteiger partial charge in [-0.1, -0.05) is 39.7 Å². The summed E-state index contributed by atoms with van der Waals surface area (Å²) in [6.45, 7) is -0.242. The van der Waals surface area contributed by atoms with Gasteiger partial charge < -0.3 is 15.2 Å². The summed E-state index contributed by atoms with van der Waals surface area (Å²) in [4.78, 5) is 11.8. The lowest BCUT2D eigenvalue weighted by Gasteiger charge is -2.09. The van der Waals surface area contributed by atoms with E-state index in [-0.39, 0.29) is 19.1 Å². The molecular formula is C15H13BrClNO3. The van der Waals surface area contributed by atoms with Crippen LogP contribution in [0.15, 0.2) is 46.9 Å². The van der Waals surface area contributed by atoms with Gasteiger partial charge in [-0.05, 0) is 35.9 Å². The van der Waals surface area contributed by atoms with Crippen LogP contribution in [-0.2, 0) is 11.4 Å². The second-order valence-electron chi connectivity index (χ2n) is 4.27. The van der Waals surface area contributed by atoms with Crippen molar-refractivity contribution >= 4 is 39.1 Å². The first-order valence-electron chi connectivity index (χ1n) is 6.16. The van der Waals surface area contributed by atoms with Crippen LogP contribution >= 0.6 is 27.5 Å². The second kappa shape index (κ2) is 7.45. The van der Waals surface area contributed by atoms with E-state index in [1.807, 2.05) is 12.1 Å². The zero-order valence-corrected chi connectivity index (χ0v) is 13.3. The van der Waals surface area contributed by atoms with Crippen molar-refractivity contribution in [3.8, 4) is 5.75 Å². The van der Waals surface area contributed by atoms with Crippen LogP contribution in [0, 0.1) is 0 Å². The van der Waals surface area contributed by atoms with E-state index in [0.29, 0.717) is 22.0 Å². The van der Waals surface area contributed by atoms with Crippen LogP contribution in [-0.4, -0.2) is 17.6 Å². The molecule has 0 atom stereocenters. The van der Waals surface area contributed by atoms with E-state index in [1.54, 1.807) is 30.3 Å². The van der Waals surface area contributed by atoms with Crippen molar-refractivity contribution in [1.29, 1.82) is 0 Å². The monoisotopic (exact) mass is 369 g/mol. The number of halogens is 2. The fourth-order valence-electron chi connectivity index (χ4n) is 1.67. The third kappa shape index (κ3) is 4.74. The van der Waals surface area contributed by atoms with Gasteiger partial charge in [-0.25, -0.2) is 0 Å². The van der Waals surface area contributed by atoms with Crippen molar-refractivity contribution in [3.63, 3.8) is 0 Å². The Labute approximate surface area is 135 Å². The number of aliphatic hydroxyl groups is 1. The molecule has 2 N–H and O–H groups in total. The lowest BCUT2D eigenvalue weighted by molar-refractivity contribution is -0.118. The summed E-state index contributed by atoms with van der Waals surface area (Å²) >= 11 is 9.33. The SMILES string of the molecule is O=C(COc1ccc(CO)cc1Cl)Nc1cccc(Br)c1. The Morgan fingerprint density at radius 1 is 1.29 bits per heavy atom. The van der Waals surface area contributed by atoms with Crippen molar-refractivity contribution < 1.29 is 14.6 Å². The van der Waals surface area contributed by atoms with Gasteiger partial charge in [0.15, 0.2) is 6.61 Å². The molecule has 2 rings (SSSR count). The Balaban J connectivity index is 1.92. The van der Waals surface area contributed by atoms with Gasteiger partial charge in [0.2, 0.25) is 0 Å². The minimum Gasteiger partial charge on any atom is -0.482 e. The molecule has 0 spiro atoms. The second-order valence-corrected chi connectivity index (χ2v) is 5.59. The van der Waals surface area contributed by atoms with Crippen molar-refractivity contribution in [2.75, 3.05) is 11.9 Å². The number of hydrogen-bond acceptors (Lipinski definition) is 3. The molecule has 0 fully saturated rings. The molecule has 0 aromatic heterocycles. The van der Waals surface area contributed by atoms with Gasteiger partial charge in [0, 0.05) is 10.2 Å². The average molecular weight is 371 g/mol. The van der Waals surface area contributed by atoms with Gasteiger partial charge in [-0.2, -0.15) is 0 Å². The molecule has 0 aliphatic heterocycles. The molecule has 4 nitrogen and oxygen atoms in total. The van der Waals surface area contributed by atoms with Gasteiger partial charge in [-0.3, -0.25) is 4.79 Å². The maximum Gasteiger partial charge on any atom is 0.262 e. The first kappa shape index (κ1) is 15.8. The smallest absolute Gasteiger partial charge is 0.262 e. The molecule has 110 valence electrons. The van der Waals surface area contributed by atoms with E-state index in [4.69, 9.17) is 21.4 Å². The van der Waals surface area contributed by atoms with Gasteiger partial charge >= 0.3 is 0 Å². The van der Waals surface area contributed by atoms with Crippen LogP contribution in [0.5, 0.6) is 5.75 Å². The fraction of sp³-hybridized carbons (Fsp3) is 0.133. The summed E-state index contributed by atoms with van der Waals surface area (Å²) in [5, 5.41) is 12.1. The molecule has 1 amide bonds. The minimum atomic E-state index is -0.282. The normalized spacial score (nSPS) is 10.2. The van der Waals surface area contributed by atoms with Crippen LogP contribution in [0.2, 0.25) is 5.02 Å². The van der Waals surface area contributed by atoms with Crippen LogP contribution in [0.4, 0.5) is 5.69 Å². The standard InChI is InChI=1S/C15H13BrClNO3/c16-11-2-1-3-12(7-11)18-15(20)9-21-14-5-4-10(8-19)6-13(14)17/h1-7,19H,8-9H2,(H,18,20). The Bertz CT molecular complexity index is 649. The number of nitrogens with one attached hydrogen (secondary N) is 1. The molecule has 0 aliphatic carbocycles. The minimum absolute atomic E-state index is 0.0939. The summed E-state index contributed by atoms with van der Waals surface area (Å²) in [6, 6.07) is 12.2. The molecule has 21 heavy (non-hydrogen) atoms. The number of aliphatic hydroxyl groups excluding tert-OH is 1. The summed E-state index contributed by atoms with van der Waals surface area (Å²) in [5.41, 5.74) is 1.37. The molecule has 0 bridgehead atoms. The lowest BCUT2D eigenvalue weighted by atomic mass is 10.2. The van der Waals surface area contributed by atoms with Crippen LogP contribution in [0.1, 0.15) is 5.56 Å². The Morgan fingerprint density at radius 3 is 2.76 bits per heavy atom. The first-order chi connectivity index (χ1) is 10.1.